The van der Waals surface area contributed by atoms with Crippen LogP contribution in [0.4, 0.5) is 0 Å². The molecule has 7 nitrogen and oxygen atoms in total. The summed E-state index contributed by atoms with van der Waals surface area (Å²) in [5.74, 6) is 0. The van der Waals surface area contributed by atoms with Crippen molar-refractivity contribution in [1.29, 1.82) is 0 Å². The Morgan fingerprint density at radius 3 is 2.08 bits per heavy atom. The SMILES string of the molecule is CNC1CCCN(S(=O)(=O)c2cccc(S(=O)(=O)N3CCCC3)c2)C1. The Balaban J connectivity index is 1.90. The number of sulfonamides is 2. The van der Waals surface area contributed by atoms with Gasteiger partial charge < -0.3 is 5.32 Å². The van der Waals surface area contributed by atoms with Crippen LogP contribution in [0.15, 0.2) is 34.1 Å². The number of nitrogens with zero attached hydrogens (tertiary/aromatic N) is 2. The van der Waals surface area contributed by atoms with Gasteiger partial charge in [0.25, 0.3) is 0 Å². The summed E-state index contributed by atoms with van der Waals surface area (Å²) < 4.78 is 54.1. The Kier molecular flexibility index (Phi) is 5.50. The first-order chi connectivity index (χ1) is 11.9. The minimum absolute atomic E-state index is 0.0459. The molecule has 0 radical (unpaired) electrons. The smallest absolute Gasteiger partial charge is 0.243 e. The molecule has 0 saturated carbocycles. The third-order valence-electron chi connectivity index (χ3n) is 4.94. The van der Waals surface area contributed by atoms with Gasteiger partial charge >= 0.3 is 0 Å². The molecule has 0 bridgehead atoms. The number of hydrogen-bond donors (Lipinski definition) is 1. The first-order valence-corrected chi connectivity index (χ1v) is 11.5. The maximum absolute atomic E-state index is 12.9. The molecule has 1 N–H and O–H groups in total. The lowest BCUT2D eigenvalue weighted by atomic mass is 10.1. The minimum atomic E-state index is -3.70. The summed E-state index contributed by atoms with van der Waals surface area (Å²) in [6.07, 6.45) is 3.41. The average Bonchev–Trinajstić information content (AvgIpc) is 3.17. The van der Waals surface area contributed by atoms with Gasteiger partial charge in [-0.2, -0.15) is 8.61 Å². The zero-order valence-electron chi connectivity index (χ0n) is 14.4. The fourth-order valence-corrected chi connectivity index (χ4v) is 6.63. The molecule has 1 atom stereocenters. The van der Waals surface area contributed by atoms with E-state index in [1.807, 2.05) is 7.05 Å². The second-order valence-corrected chi connectivity index (χ2v) is 10.5. The Bertz CT molecular complexity index is 818. The Morgan fingerprint density at radius 2 is 1.48 bits per heavy atom. The van der Waals surface area contributed by atoms with Crippen molar-refractivity contribution >= 4 is 20.0 Å². The largest absolute Gasteiger partial charge is 0.316 e. The second kappa shape index (κ2) is 7.32. The summed E-state index contributed by atoms with van der Waals surface area (Å²) >= 11 is 0. The number of rotatable bonds is 5. The summed E-state index contributed by atoms with van der Waals surface area (Å²) in [7, 11) is -5.51. The van der Waals surface area contributed by atoms with Crippen LogP contribution in [0, 0.1) is 0 Å². The first kappa shape index (κ1) is 18.8. The third-order valence-corrected chi connectivity index (χ3v) is 8.69. The van der Waals surface area contributed by atoms with Gasteiger partial charge in [-0.05, 0) is 50.9 Å². The summed E-state index contributed by atoms with van der Waals surface area (Å²) in [6, 6.07) is 5.88. The molecule has 2 aliphatic heterocycles. The average molecular weight is 388 g/mol. The zero-order chi connectivity index (χ0) is 18.1. The van der Waals surface area contributed by atoms with E-state index in [1.54, 1.807) is 0 Å². The lowest BCUT2D eigenvalue weighted by Crippen LogP contribution is -2.46. The van der Waals surface area contributed by atoms with Crippen molar-refractivity contribution in [2.45, 2.75) is 41.5 Å². The number of piperidine rings is 1. The predicted octanol–water partition coefficient (Wildman–Crippen LogP) is 0.844. The maximum atomic E-state index is 12.9. The van der Waals surface area contributed by atoms with Gasteiger partial charge in [0.05, 0.1) is 9.79 Å². The van der Waals surface area contributed by atoms with Gasteiger partial charge in [-0.3, -0.25) is 0 Å². The van der Waals surface area contributed by atoms with E-state index >= 15 is 0 Å². The minimum Gasteiger partial charge on any atom is -0.316 e. The van der Waals surface area contributed by atoms with Gasteiger partial charge in [0.1, 0.15) is 0 Å². The Morgan fingerprint density at radius 1 is 0.920 bits per heavy atom. The highest BCUT2D eigenvalue weighted by Crippen LogP contribution is 2.26. The normalized spacial score (nSPS) is 23.8. The molecule has 1 aromatic carbocycles. The topological polar surface area (TPSA) is 86.8 Å². The van der Waals surface area contributed by atoms with Crippen molar-refractivity contribution in [3.63, 3.8) is 0 Å². The van der Waals surface area contributed by atoms with Crippen LogP contribution in [0.2, 0.25) is 0 Å². The van der Waals surface area contributed by atoms with Gasteiger partial charge in [0.15, 0.2) is 0 Å². The van der Waals surface area contributed by atoms with Gasteiger partial charge in [-0.25, -0.2) is 16.8 Å². The van der Waals surface area contributed by atoms with Gasteiger partial charge in [0, 0.05) is 32.2 Å². The van der Waals surface area contributed by atoms with Crippen molar-refractivity contribution in [2.24, 2.45) is 0 Å². The number of likely N-dealkylation sites (N-methyl/N-ethyl adjacent to an activating group) is 1. The first-order valence-electron chi connectivity index (χ1n) is 8.63. The quantitative estimate of drug-likeness (QED) is 0.809. The molecule has 3 rings (SSSR count). The van der Waals surface area contributed by atoms with Crippen LogP contribution in [-0.2, 0) is 20.0 Å². The van der Waals surface area contributed by atoms with E-state index in [1.165, 1.54) is 32.9 Å². The lowest BCUT2D eigenvalue weighted by Gasteiger charge is -2.31. The summed E-state index contributed by atoms with van der Waals surface area (Å²) in [5, 5.41) is 3.12. The van der Waals surface area contributed by atoms with Crippen molar-refractivity contribution in [3.05, 3.63) is 24.3 Å². The standard InChI is InChI=1S/C16H25N3O4S2/c1-17-14-6-5-11-19(13-14)25(22,23)16-8-4-7-15(12-16)24(20,21)18-9-2-3-10-18/h4,7-8,12,14,17H,2-3,5-6,9-11,13H2,1H3. The third kappa shape index (κ3) is 3.75. The van der Waals surface area contributed by atoms with Crippen molar-refractivity contribution in [2.75, 3.05) is 33.2 Å². The van der Waals surface area contributed by atoms with E-state index in [0.29, 0.717) is 26.2 Å². The number of benzene rings is 1. The van der Waals surface area contributed by atoms with Crippen LogP contribution in [0.5, 0.6) is 0 Å². The Hall–Kier alpha value is -1.00. The maximum Gasteiger partial charge on any atom is 0.243 e. The van der Waals surface area contributed by atoms with Crippen LogP contribution in [0.3, 0.4) is 0 Å². The summed E-state index contributed by atoms with van der Waals surface area (Å²) in [4.78, 5) is 0.0992. The van der Waals surface area contributed by atoms with Crippen molar-refractivity contribution < 1.29 is 16.8 Å². The molecule has 0 aliphatic carbocycles. The predicted molar refractivity (Wildman–Crippen MR) is 95.3 cm³/mol. The molecule has 0 amide bonds. The monoisotopic (exact) mass is 387 g/mol. The molecule has 2 saturated heterocycles. The fraction of sp³-hybridized carbons (Fsp3) is 0.625. The lowest BCUT2D eigenvalue weighted by molar-refractivity contribution is 0.293. The molecular formula is C16H25N3O4S2. The highest BCUT2D eigenvalue weighted by Gasteiger charge is 2.32. The molecule has 25 heavy (non-hydrogen) atoms. The summed E-state index contributed by atoms with van der Waals surface area (Å²) in [6.45, 7) is 1.86. The highest BCUT2D eigenvalue weighted by atomic mass is 32.2. The molecule has 1 unspecified atom stereocenters. The van der Waals surface area contributed by atoms with Crippen LogP contribution in [-0.4, -0.2) is 64.7 Å². The van der Waals surface area contributed by atoms with E-state index in [9.17, 15) is 16.8 Å². The van der Waals surface area contributed by atoms with Crippen LogP contribution in [0.1, 0.15) is 25.7 Å². The fourth-order valence-electron chi connectivity index (χ4n) is 3.42. The molecule has 0 aromatic heterocycles. The van der Waals surface area contributed by atoms with E-state index in [0.717, 1.165) is 25.7 Å². The van der Waals surface area contributed by atoms with Crippen LogP contribution < -0.4 is 5.32 Å². The molecule has 140 valence electrons. The van der Waals surface area contributed by atoms with Gasteiger partial charge in [0.2, 0.25) is 20.0 Å². The van der Waals surface area contributed by atoms with Crippen molar-refractivity contribution in [3.8, 4) is 0 Å². The molecule has 2 aliphatic rings. The molecular weight excluding hydrogens is 362 g/mol. The zero-order valence-corrected chi connectivity index (χ0v) is 16.0. The molecule has 2 heterocycles. The van der Waals surface area contributed by atoms with E-state index in [4.69, 9.17) is 0 Å². The van der Waals surface area contributed by atoms with Crippen molar-refractivity contribution in [1.82, 2.24) is 13.9 Å². The van der Waals surface area contributed by atoms with E-state index in [-0.39, 0.29) is 15.8 Å². The molecule has 2 fully saturated rings. The number of nitrogens with one attached hydrogen (secondary N) is 1. The number of hydrogen-bond acceptors (Lipinski definition) is 5. The Labute approximate surface area is 150 Å². The van der Waals surface area contributed by atoms with Gasteiger partial charge in [-0.1, -0.05) is 6.07 Å². The van der Waals surface area contributed by atoms with Gasteiger partial charge in [-0.15, -0.1) is 0 Å². The molecule has 0 spiro atoms. The van der Waals surface area contributed by atoms with E-state index < -0.39 is 20.0 Å². The summed E-state index contributed by atoms with van der Waals surface area (Å²) in [5.41, 5.74) is 0. The second-order valence-electron chi connectivity index (χ2n) is 6.58. The van der Waals surface area contributed by atoms with E-state index in [2.05, 4.69) is 5.32 Å². The molecule has 1 aromatic rings. The molecule has 9 heteroatoms. The van der Waals surface area contributed by atoms with Crippen LogP contribution >= 0.6 is 0 Å². The van der Waals surface area contributed by atoms with Crippen LogP contribution in [0.25, 0.3) is 0 Å². The highest BCUT2D eigenvalue weighted by molar-refractivity contribution is 7.90.